The molecular formula is C21H23Br2NO4. The molecule has 0 bridgehead atoms. The molecular weight excluding hydrogens is 490 g/mol. The molecule has 2 rings (SSSR count). The summed E-state index contributed by atoms with van der Waals surface area (Å²) in [5.41, 5.74) is 0.651. The molecule has 5 nitrogen and oxygen atoms in total. The lowest BCUT2D eigenvalue weighted by Gasteiger charge is -2.18. The van der Waals surface area contributed by atoms with Gasteiger partial charge < -0.3 is 19.0 Å². The van der Waals surface area contributed by atoms with Crippen LogP contribution >= 0.6 is 31.9 Å². The van der Waals surface area contributed by atoms with E-state index in [2.05, 4.69) is 43.6 Å². The number of rotatable bonds is 10. The first-order valence-corrected chi connectivity index (χ1v) is 10.4. The van der Waals surface area contributed by atoms with Gasteiger partial charge in [-0.15, -0.1) is 0 Å². The number of hydrogen-bond donors (Lipinski definition) is 0. The van der Waals surface area contributed by atoms with Gasteiger partial charge in [0, 0.05) is 0 Å². The summed E-state index contributed by atoms with van der Waals surface area (Å²) in [6, 6.07) is 7.51. The maximum absolute atomic E-state index is 5.96. The highest BCUT2D eigenvalue weighted by Gasteiger charge is 2.18. The summed E-state index contributed by atoms with van der Waals surface area (Å²) < 4.78 is 18.2. The van der Waals surface area contributed by atoms with Crippen LogP contribution in [0.4, 0.5) is 0 Å². The largest absolute Gasteiger partial charge is 0.491 e. The van der Waals surface area contributed by atoms with Gasteiger partial charge in [-0.1, -0.05) is 17.8 Å². The first-order valence-electron chi connectivity index (χ1n) is 8.77. The highest BCUT2D eigenvalue weighted by Crippen LogP contribution is 2.25. The SMILES string of the molecule is C=CCON=C1CC(Oc2ccc(OC(C)C)cc2)=CC=C1OCC=C(Br)Br. The van der Waals surface area contributed by atoms with E-state index in [-0.39, 0.29) is 6.10 Å². The van der Waals surface area contributed by atoms with Crippen LogP contribution in [0.2, 0.25) is 0 Å². The molecule has 0 aliphatic heterocycles. The van der Waals surface area contributed by atoms with Crippen LogP contribution in [0.5, 0.6) is 11.5 Å². The minimum absolute atomic E-state index is 0.130. The minimum Gasteiger partial charge on any atom is -0.491 e. The molecule has 0 spiro atoms. The highest BCUT2D eigenvalue weighted by molar-refractivity contribution is 9.28. The maximum Gasteiger partial charge on any atom is 0.145 e. The quantitative estimate of drug-likeness (QED) is 0.212. The van der Waals surface area contributed by atoms with Crippen LogP contribution in [0.25, 0.3) is 0 Å². The molecule has 28 heavy (non-hydrogen) atoms. The molecule has 0 saturated heterocycles. The van der Waals surface area contributed by atoms with Crippen LogP contribution in [0.3, 0.4) is 0 Å². The Morgan fingerprint density at radius 1 is 1.14 bits per heavy atom. The lowest BCUT2D eigenvalue weighted by Crippen LogP contribution is -2.15. The molecule has 0 atom stereocenters. The van der Waals surface area contributed by atoms with Crippen molar-refractivity contribution in [1.29, 1.82) is 0 Å². The van der Waals surface area contributed by atoms with Gasteiger partial charge in [0.15, 0.2) is 0 Å². The Kier molecular flexibility index (Phi) is 9.37. The standard InChI is InChI=1S/C21H23Br2NO4/c1-4-12-26-24-19-14-18(9-10-20(19)25-13-11-21(22)23)28-17-7-5-16(6-8-17)27-15(2)3/h4-11,15H,1,12-14H2,2-3H3. The van der Waals surface area contributed by atoms with E-state index in [1.54, 1.807) is 6.08 Å². The first-order chi connectivity index (χ1) is 13.5. The van der Waals surface area contributed by atoms with Crippen LogP contribution in [-0.2, 0) is 9.57 Å². The lowest BCUT2D eigenvalue weighted by atomic mass is 10.1. The molecule has 1 aliphatic carbocycles. The summed E-state index contributed by atoms with van der Waals surface area (Å²) in [5, 5.41) is 4.16. The topological polar surface area (TPSA) is 49.3 Å². The summed E-state index contributed by atoms with van der Waals surface area (Å²) >= 11 is 6.60. The van der Waals surface area contributed by atoms with Crippen molar-refractivity contribution < 1.29 is 19.0 Å². The summed E-state index contributed by atoms with van der Waals surface area (Å²) in [4.78, 5) is 5.25. The molecule has 1 aromatic carbocycles. The van der Waals surface area contributed by atoms with E-state index in [4.69, 9.17) is 19.0 Å². The number of ether oxygens (including phenoxy) is 3. The van der Waals surface area contributed by atoms with E-state index < -0.39 is 0 Å². The zero-order valence-corrected chi connectivity index (χ0v) is 19.0. The first kappa shape index (κ1) is 22.3. The van der Waals surface area contributed by atoms with Gasteiger partial charge in [0.25, 0.3) is 0 Å². The van der Waals surface area contributed by atoms with Gasteiger partial charge in [-0.2, -0.15) is 0 Å². The number of benzene rings is 1. The summed E-state index contributed by atoms with van der Waals surface area (Å²) in [7, 11) is 0. The zero-order chi connectivity index (χ0) is 20.4. The third kappa shape index (κ3) is 7.94. The fraction of sp³-hybridized carbons (Fsp3) is 0.286. The fourth-order valence-electron chi connectivity index (χ4n) is 2.23. The maximum atomic E-state index is 5.96. The van der Waals surface area contributed by atoms with E-state index >= 15 is 0 Å². The molecule has 0 fully saturated rings. The van der Waals surface area contributed by atoms with Crippen molar-refractivity contribution in [2.45, 2.75) is 26.4 Å². The van der Waals surface area contributed by atoms with Gasteiger partial charge in [0.2, 0.25) is 0 Å². The highest BCUT2D eigenvalue weighted by atomic mass is 79.9. The second-order valence-electron chi connectivity index (χ2n) is 6.01. The predicted octanol–water partition coefficient (Wildman–Crippen LogP) is 6.23. The molecule has 0 amide bonds. The van der Waals surface area contributed by atoms with Gasteiger partial charge in [-0.25, -0.2) is 0 Å². The molecule has 150 valence electrons. The second-order valence-corrected chi connectivity index (χ2v) is 8.78. The van der Waals surface area contributed by atoms with Crippen molar-refractivity contribution in [3.8, 4) is 11.5 Å². The van der Waals surface area contributed by atoms with Gasteiger partial charge in [-0.3, -0.25) is 0 Å². The molecule has 7 heteroatoms. The minimum atomic E-state index is 0.130. The Hall–Kier alpha value is -1.99. The van der Waals surface area contributed by atoms with Crippen molar-refractivity contribution in [3.63, 3.8) is 0 Å². The third-order valence-electron chi connectivity index (χ3n) is 3.33. The Morgan fingerprint density at radius 2 is 1.86 bits per heavy atom. The molecule has 0 aromatic heterocycles. The van der Waals surface area contributed by atoms with E-state index in [9.17, 15) is 0 Å². The number of nitrogens with zero attached hydrogens (tertiary/aromatic N) is 1. The fourth-order valence-corrected chi connectivity index (χ4v) is 2.49. The summed E-state index contributed by atoms with van der Waals surface area (Å²) in [6.45, 7) is 8.31. The van der Waals surface area contributed by atoms with Crippen molar-refractivity contribution in [1.82, 2.24) is 0 Å². The average molecular weight is 513 g/mol. The monoisotopic (exact) mass is 511 g/mol. The lowest BCUT2D eigenvalue weighted by molar-refractivity contribution is 0.170. The Morgan fingerprint density at radius 3 is 2.50 bits per heavy atom. The predicted molar refractivity (Wildman–Crippen MR) is 119 cm³/mol. The second kappa shape index (κ2) is 11.8. The molecule has 0 N–H and O–H groups in total. The van der Waals surface area contributed by atoms with Crippen LogP contribution in [0.15, 0.2) is 75.2 Å². The third-order valence-corrected chi connectivity index (χ3v) is 3.98. The summed E-state index contributed by atoms with van der Waals surface area (Å²) in [6.07, 6.45) is 7.75. The number of halogens is 2. The Balaban J connectivity index is 2.08. The van der Waals surface area contributed by atoms with Gasteiger partial charge in [0.05, 0.1) is 15.9 Å². The molecule has 1 aromatic rings. The van der Waals surface area contributed by atoms with Crippen molar-refractivity contribution in [3.05, 3.63) is 70.1 Å². The number of hydrogen-bond acceptors (Lipinski definition) is 5. The van der Waals surface area contributed by atoms with Gasteiger partial charge >= 0.3 is 0 Å². The molecule has 0 radical (unpaired) electrons. The van der Waals surface area contributed by atoms with Crippen molar-refractivity contribution in [2.24, 2.45) is 5.16 Å². The van der Waals surface area contributed by atoms with E-state index in [0.717, 1.165) is 20.6 Å². The zero-order valence-electron chi connectivity index (χ0n) is 15.9. The average Bonchev–Trinajstić information content (AvgIpc) is 2.64. The van der Waals surface area contributed by atoms with Gasteiger partial charge in [0.1, 0.15) is 41.9 Å². The van der Waals surface area contributed by atoms with Crippen LogP contribution < -0.4 is 9.47 Å². The molecule has 0 saturated carbocycles. The van der Waals surface area contributed by atoms with Crippen LogP contribution in [0.1, 0.15) is 20.3 Å². The molecule has 1 aliphatic rings. The smallest absolute Gasteiger partial charge is 0.145 e. The van der Waals surface area contributed by atoms with Crippen LogP contribution in [-0.4, -0.2) is 25.0 Å². The van der Waals surface area contributed by atoms with Crippen molar-refractivity contribution in [2.75, 3.05) is 13.2 Å². The Labute approximate surface area is 182 Å². The molecule has 0 unspecified atom stereocenters. The van der Waals surface area contributed by atoms with Crippen LogP contribution in [0, 0.1) is 0 Å². The molecule has 0 heterocycles. The van der Waals surface area contributed by atoms with E-state index in [1.165, 1.54) is 0 Å². The van der Waals surface area contributed by atoms with Crippen molar-refractivity contribution >= 4 is 37.6 Å². The number of allylic oxidation sites excluding steroid dienone is 4. The Bertz CT molecular complexity index is 776. The number of oxime groups is 1. The summed E-state index contributed by atoms with van der Waals surface area (Å²) in [5.74, 6) is 2.90. The van der Waals surface area contributed by atoms with Gasteiger partial charge in [-0.05, 0) is 88.2 Å². The van der Waals surface area contributed by atoms with E-state index in [0.29, 0.717) is 31.1 Å². The normalized spacial score (nSPS) is 14.8. The van der Waals surface area contributed by atoms with E-state index in [1.807, 2.05) is 56.3 Å².